The van der Waals surface area contributed by atoms with E-state index >= 15 is 0 Å². The van der Waals surface area contributed by atoms with Gasteiger partial charge in [-0.25, -0.2) is 0 Å². The molecule has 4 rings (SSSR count). The highest BCUT2D eigenvalue weighted by Crippen LogP contribution is 2.35. The van der Waals surface area contributed by atoms with Crippen molar-refractivity contribution in [2.24, 2.45) is 7.05 Å². The quantitative estimate of drug-likeness (QED) is 0.506. The average molecular weight is 358 g/mol. The van der Waals surface area contributed by atoms with Gasteiger partial charge in [-0.3, -0.25) is 9.67 Å². The minimum Gasteiger partial charge on any atom is -0.496 e. The molecule has 136 valence electrons. The van der Waals surface area contributed by atoms with Gasteiger partial charge in [0.25, 0.3) is 0 Å². The van der Waals surface area contributed by atoms with Crippen LogP contribution in [0.15, 0.2) is 42.6 Å². The van der Waals surface area contributed by atoms with E-state index in [1.807, 2.05) is 69.0 Å². The number of benzene rings is 2. The first-order valence-electron chi connectivity index (χ1n) is 8.93. The van der Waals surface area contributed by atoms with Crippen molar-refractivity contribution in [1.29, 1.82) is 5.26 Å². The van der Waals surface area contributed by atoms with Crippen molar-refractivity contribution in [1.82, 2.24) is 14.8 Å². The fraction of sp³-hybridized carbons (Fsp3) is 0.227. The number of rotatable bonds is 2. The van der Waals surface area contributed by atoms with Gasteiger partial charge in [-0.1, -0.05) is 26.0 Å². The van der Waals surface area contributed by atoms with Crippen LogP contribution >= 0.6 is 0 Å². The summed E-state index contributed by atoms with van der Waals surface area (Å²) in [4.78, 5) is 4.57. The molecule has 0 saturated carbocycles. The molecule has 0 fully saturated rings. The van der Waals surface area contributed by atoms with E-state index in [1.165, 1.54) is 0 Å². The average Bonchev–Trinajstić information content (AvgIpc) is 3.06. The first-order chi connectivity index (χ1) is 13.1. The molecule has 0 aliphatic rings. The van der Waals surface area contributed by atoms with Crippen LogP contribution in [0.1, 0.15) is 25.0 Å². The van der Waals surface area contributed by atoms with Gasteiger partial charge in [0.2, 0.25) is 0 Å². The monoisotopic (exact) mass is 358 g/mol. The Kier molecular flexibility index (Phi) is 5.09. The maximum Gasteiger partial charge on any atom is 0.123 e. The van der Waals surface area contributed by atoms with Crippen molar-refractivity contribution >= 4 is 21.8 Å². The number of aromatic nitrogens is 3. The van der Waals surface area contributed by atoms with Crippen LogP contribution < -0.4 is 4.74 Å². The predicted molar refractivity (Wildman–Crippen MR) is 109 cm³/mol. The molecule has 2 aromatic heterocycles. The lowest BCUT2D eigenvalue weighted by Gasteiger charge is -2.08. The number of hydrogen-bond donors (Lipinski definition) is 0. The summed E-state index contributed by atoms with van der Waals surface area (Å²) in [6.45, 7) is 6.02. The number of ether oxygens (including phenoxy) is 1. The molecular formula is C22H22N4O. The van der Waals surface area contributed by atoms with E-state index in [0.29, 0.717) is 5.56 Å². The summed E-state index contributed by atoms with van der Waals surface area (Å²) in [5, 5.41) is 15.8. The molecule has 2 heterocycles. The highest BCUT2D eigenvalue weighted by atomic mass is 16.5. The zero-order valence-electron chi connectivity index (χ0n) is 16.2. The molecule has 0 atom stereocenters. The first-order valence-corrected chi connectivity index (χ1v) is 8.93. The molecule has 0 spiro atoms. The molecule has 0 saturated heterocycles. The van der Waals surface area contributed by atoms with Crippen molar-refractivity contribution in [3.63, 3.8) is 0 Å². The van der Waals surface area contributed by atoms with E-state index in [9.17, 15) is 0 Å². The number of nitriles is 1. The van der Waals surface area contributed by atoms with Gasteiger partial charge in [-0.15, -0.1) is 0 Å². The van der Waals surface area contributed by atoms with Crippen molar-refractivity contribution in [2.45, 2.75) is 20.8 Å². The summed E-state index contributed by atoms with van der Waals surface area (Å²) in [5.74, 6) is 0.822. The second-order valence-electron chi connectivity index (χ2n) is 6.02. The Morgan fingerprint density at radius 3 is 2.44 bits per heavy atom. The Morgan fingerprint density at radius 1 is 1.11 bits per heavy atom. The van der Waals surface area contributed by atoms with E-state index in [2.05, 4.69) is 17.1 Å². The first kappa shape index (κ1) is 18.4. The van der Waals surface area contributed by atoms with Gasteiger partial charge in [0.05, 0.1) is 36.0 Å². The molecule has 4 aromatic rings. The topological polar surface area (TPSA) is 63.7 Å². The fourth-order valence-electron chi connectivity index (χ4n) is 3.19. The van der Waals surface area contributed by atoms with Crippen molar-refractivity contribution in [3.8, 4) is 23.1 Å². The van der Waals surface area contributed by atoms with E-state index in [1.54, 1.807) is 7.11 Å². The van der Waals surface area contributed by atoms with Crippen LogP contribution in [0, 0.1) is 18.3 Å². The third-order valence-electron chi connectivity index (χ3n) is 4.49. The summed E-state index contributed by atoms with van der Waals surface area (Å²) in [5.41, 5.74) is 5.40. The maximum absolute atomic E-state index is 9.01. The molecule has 0 N–H and O–H groups in total. The van der Waals surface area contributed by atoms with Crippen LogP contribution in [0.3, 0.4) is 0 Å². The predicted octanol–water partition coefficient (Wildman–Crippen LogP) is 5.00. The van der Waals surface area contributed by atoms with Crippen molar-refractivity contribution in [2.75, 3.05) is 7.11 Å². The molecule has 0 unspecified atom stereocenters. The summed E-state index contributed by atoms with van der Waals surface area (Å²) >= 11 is 0. The second kappa shape index (κ2) is 7.46. The summed E-state index contributed by atoms with van der Waals surface area (Å²) in [6.07, 6.45) is 1.84. The van der Waals surface area contributed by atoms with Gasteiger partial charge in [0, 0.05) is 29.4 Å². The van der Waals surface area contributed by atoms with E-state index < -0.39 is 0 Å². The van der Waals surface area contributed by atoms with Gasteiger partial charge in [-0.2, -0.15) is 10.4 Å². The Morgan fingerprint density at radius 2 is 1.81 bits per heavy atom. The molecule has 0 amide bonds. The zero-order valence-corrected chi connectivity index (χ0v) is 16.2. The van der Waals surface area contributed by atoms with Crippen LogP contribution in [0.5, 0.6) is 5.75 Å². The number of aryl methyl sites for hydroxylation is 2. The van der Waals surface area contributed by atoms with E-state index in [0.717, 1.165) is 44.4 Å². The minimum absolute atomic E-state index is 0.635. The molecule has 0 bridgehead atoms. The summed E-state index contributed by atoms with van der Waals surface area (Å²) in [6, 6.07) is 13.7. The largest absolute Gasteiger partial charge is 0.496 e. The van der Waals surface area contributed by atoms with Gasteiger partial charge < -0.3 is 4.74 Å². The van der Waals surface area contributed by atoms with Gasteiger partial charge in [0.15, 0.2) is 0 Å². The molecule has 0 aliphatic heterocycles. The zero-order chi connectivity index (χ0) is 19.6. The standard InChI is InChI=1S/C20H16N4O.C2H6/c1-12-8-15-16(9-18(12)25-3)22-11-17-19(15)20(23-24(17)2)14-6-4-13(10-21)5-7-14;1-2/h4-9,11H,1-3H3;1-2H3. The van der Waals surface area contributed by atoms with Crippen LogP contribution in [0.2, 0.25) is 0 Å². The van der Waals surface area contributed by atoms with Crippen molar-refractivity contribution < 1.29 is 4.74 Å². The SMILES string of the molecule is CC.COc1cc2ncc3c(c(-c4ccc(C#N)cc4)nn3C)c2cc1C. The summed E-state index contributed by atoms with van der Waals surface area (Å²) in [7, 11) is 3.58. The normalized spacial score (nSPS) is 10.4. The number of methoxy groups -OCH3 is 1. The third-order valence-corrected chi connectivity index (χ3v) is 4.49. The van der Waals surface area contributed by atoms with E-state index in [4.69, 9.17) is 15.1 Å². The lowest BCUT2D eigenvalue weighted by Crippen LogP contribution is -1.91. The van der Waals surface area contributed by atoms with Crippen LogP contribution in [-0.2, 0) is 7.05 Å². The molecule has 27 heavy (non-hydrogen) atoms. The molecule has 0 radical (unpaired) electrons. The lowest BCUT2D eigenvalue weighted by atomic mass is 10.0. The number of hydrogen-bond acceptors (Lipinski definition) is 4. The van der Waals surface area contributed by atoms with Crippen LogP contribution in [-0.4, -0.2) is 21.9 Å². The van der Waals surface area contributed by atoms with Crippen LogP contribution in [0.25, 0.3) is 33.1 Å². The molecule has 5 nitrogen and oxygen atoms in total. The molecule has 5 heteroatoms. The Balaban J connectivity index is 0.00000102. The van der Waals surface area contributed by atoms with Gasteiger partial charge in [-0.05, 0) is 30.7 Å². The lowest BCUT2D eigenvalue weighted by molar-refractivity contribution is 0.412. The number of fused-ring (bicyclic) bond motifs is 3. The molecule has 2 aromatic carbocycles. The highest BCUT2D eigenvalue weighted by molar-refractivity contribution is 6.11. The van der Waals surface area contributed by atoms with Crippen molar-refractivity contribution in [3.05, 3.63) is 53.7 Å². The van der Waals surface area contributed by atoms with E-state index in [-0.39, 0.29) is 0 Å². The smallest absolute Gasteiger partial charge is 0.123 e. The Labute approximate surface area is 158 Å². The number of pyridine rings is 1. The number of nitrogens with zero attached hydrogens (tertiary/aromatic N) is 4. The third kappa shape index (κ3) is 3.11. The second-order valence-corrected chi connectivity index (χ2v) is 6.02. The molecule has 0 aliphatic carbocycles. The highest BCUT2D eigenvalue weighted by Gasteiger charge is 2.16. The molecular weight excluding hydrogens is 336 g/mol. The maximum atomic E-state index is 9.01. The Bertz CT molecular complexity index is 1150. The summed E-state index contributed by atoms with van der Waals surface area (Å²) < 4.78 is 7.26. The van der Waals surface area contributed by atoms with Crippen LogP contribution in [0.4, 0.5) is 0 Å². The van der Waals surface area contributed by atoms with Gasteiger partial charge >= 0.3 is 0 Å². The Hall–Kier alpha value is -3.39. The fourth-order valence-corrected chi connectivity index (χ4v) is 3.19. The minimum atomic E-state index is 0.635. The van der Waals surface area contributed by atoms with Gasteiger partial charge in [0.1, 0.15) is 11.4 Å².